The molecule has 3 aliphatic rings. The zero-order valence-electron chi connectivity index (χ0n) is 12.5. The summed E-state index contributed by atoms with van der Waals surface area (Å²) in [5.74, 6) is 0.773. The summed E-state index contributed by atoms with van der Waals surface area (Å²) in [4.78, 5) is 23.2. The molecular formula is C17H24O4. The van der Waals surface area contributed by atoms with Gasteiger partial charge in [0, 0.05) is 6.08 Å². The van der Waals surface area contributed by atoms with E-state index in [2.05, 4.69) is 6.58 Å². The van der Waals surface area contributed by atoms with Crippen molar-refractivity contribution in [3.8, 4) is 0 Å². The highest BCUT2D eigenvalue weighted by atomic mass is 16.6. The Morgan fingerprint density at radius 3 is 2.48 bits per heavy atom. The van der Waals surface area contributed by atoms with E-state index in [1.54, 1.807) is 0 Å². The van der Waals surface area contributed by atoms with Gasteiger partial charge >= 0.3 is 11.9 Å². The lowest BCUT2D eigenvalue weighted by Crippen LogP contribution is -2.47. The quantitative estimate of drug-likeness (QED) is 0.577. The van der Waals surface area contributed by atoms with Crippen molar-refractivity contribution in [2.75, 3.05) is 6.61 Å². The molecule has 3 rings (SSSR count). The predicted molar refractivity (Wildman–Crippen MR) is 77.4 cm³/mol. The van der Waals surface area contributed by atoms with Crippen molar-refractivity contribution in [1.29, 1.82) is 0 Å². The van der Waals surface area contributed by atoms with Crippen LogP contribution in [0.4, 0.5) is 0 Å². The summed E-state index contributed by atoms with van der Waals surface area (Å²) in [5, 5.41) is 0. The first-order valence-electron chi connectivity index (χ1n) is 8.15. The Labute approximate surface area is 125 Å². The van der Waals surface area contributed by atoms with Gasteiger partial charge in [-0.2, -0.15) is 0 Å². The second-order valence-corrected chi connectivity index (χ2v) is 6.80. The molecule has 3 saturated carbocycles. The van der Waals surface area contributed by atoms with Crippen molar-refractivity contribution >= 4 is 11.9 Å². The summed E-state index contributed by atoms with van der Waals surface area (Å²) in [7, 11) is 0. The first-order chi connectivity index (χ1) is 10.1. The van der Waals surface area contributed by atoms with Crippen LogP contribution < -0.4 is 0 Å². The zero-order valence-corrected chi connectivity index (χ0v) is 12.5. The third-order valence-corrected chi connectivity index (χ3v) is 5.69. The molecule has 0 N–H and O–H groups in total. The summed E-state index contributed by atoms with van der Waals surface area (Å²) in [6.07, 6.45) is 10.6. The molecule has 116 valence electrons. The van der Waals surface area contributed by atoms with Gasteiger partial charge in [-0.3, -0.25) is 0 Å². The van der Waals surface area contributed by atoms with Crippen LogP contribution >= 0.6 is 0 Å². The lowest BCUT2D eigenvalue weighted by atomic mass is 9.73. The fourth-order valence-electron chi connectivity index (χ4n) is 4.88. The van der Waals surface area contributed by atoms with Crippen LogP contribution in [0.3, 0.4) is 0 Å². The number of carbonyl (C=O) groups excluding carboxylic acids is 2. The Morgan fingerprint density at radius 2 is 1.90 bits per heavy atom. The number of hydrogen-bond donors (Lipinski definition) is 0. The molecule has 0 saturated heterocycles. The van der Waals surface area contributed by atoms with E-state index in [1.165, 1.54) is 44.9 Å². The van der Waals surface area contributed by atoms with Gasteiger partial charge in [-0.05, 0) is 56.3 Å². The molecule has 0 amide bonds. The third kappa shape index (κ3) is 2.72. The van der Waals surface area contributed by atoms with Crippen molar-refractivity contribution in [3.63, 3.8) is 0 Å². The smallest absolute Gasteiger partial charge is 0.344 e. The van der Waals surface area contributed by atoms with E-state index in [0.717, 1.165) is 18.4 Å². The average molecular weight is 292 g/mol. The second kappa shape index (κ2) is 5.82. The van der Waals surface area contributed by atoms with Crippen LogP contribution in [0, 0.1) is 17.8 Å². The van der Waals surface area contributed by atoms with E-state index in [1.807, 2.05) is 0 Å². The van der Waals surface area contributed by atoms with Crippen LogP contribution in [0.5, 0.6) is 0 Å². The van der Waals surface area contributed by atoms with Crippen molar-refractivity contribution in [2.45, 2.75) is 57.0 Å². The van der Waals surface area contributed by atoms with Crippen molar-refractivity contribution in [2.24, 2.45) is 17.8 Å². The molecule has 4 nitrogen and oxygen atoms in total. The number of carbonyl (C=O) groups is 2. The minimum atomic E-state index is -0.574. The van der Waals surface area contributed by atoms with Gasteiger partial charge in [0.25, 0.3) is 0 Å². The van der Waals surface area contributed by atoms with Gasteiger partial charge in [0.05, 0.1) is 0 Å². The maximum Gasteiger partial charge on any atom is 0.344 e. The lowest BCUT2D eigenvalue weighted by Gasteiger charge is -2.42. The molecule has 0 spiro atoms. The number of hydrogen-bond acceptors (Lipinski definition) is 4. The zero-order chi connectivity index (χ0) is 14.9. The van der Waals surface area contributed by atoms with Gasteiger partial charge in [-0.15, -0.1) is 0 Å². The molecule has 3 unspecified atom stereocenters. The normalized spacial score (nSPS) is 34.9. The van der Waals surface area contributed by atoms with Crippen LogP contribution in [0.1, 0.15) is 51.4 Å². The molecule has 0 aromatic carbocycles. The molecule has 0 aromatic heterocycles. The molecule has 3 fully saturated rings. The van der Waals surface area contributed by atoms with Crippen LogP contribution in [0.25, 0.3) is 0 Å². The minimum absolute atomic E-state index is 0.267. The molecule has 0 aromatic rings. The van der Waals surface area contributed by atoms with Crippen molar-refractivity contribution in [1.82, 2.24) is 0 Å². The highest BCUT2D eigenvalue weighted by Gasteiger charge is 2.57. The topological polar surface area (TPSA) is 52.6 Å². The minimum Gasteiger partial charge on any atom is -0.456 e. The average Bonchev–Trinajstić information content (AvgIpc) is 3.20. The van der Waals surface area contributed by atoms with E-state index < -0.39 is 11.9 Å². The van der Waals surface area contributed by atoms with Crippen LogP contribution in [-0.4, -0.2) is 24.1 Å². The number of ether oxygens (including phenoxy) is 2. The molecule has 4 heteroatoms. The Bertz CT molecular complexity index is 438. The number of rotatable bonds is 5. The monoisotopic (exact) mass is 292 g/mol. The summed E-state index contributed by atoms with van der Waals surface area (Å²) in [5.41, 5.74) is -0.267. The molecular weight excluding hydrogens is 268 g/mol. The van der Waals surface area contributed by atoms with Crippen molar-refractivity contribution in [3.05, 3.63) is 12.7 Å². The Hall–Kier alpha value is -1.32. The SMILES string of the molecule is C=CC(=O)OCC(=O)OC1(C2CCCC2)CC2CCC1C2. The van der Waals surface area contributed by atoms with Gasteiger partial charge in [-0.1, -0.05) is 19.4 Å². The fraction of sp³-hybridized carbons (Fsp3) is 0.765. The lowest BCUT2D eigenvalue weighted by molar-refractivity contribution is -0.181. The molecule has 0 radical (unpaired) electrons. The Kier molecular flexibility index (Phi) is 4.05. The summed E-state index contributed by atoms with van der Waals surface area (Å²) >= 11 is 0. The van der Waals surface area contributed by atoms with Gasteiger partial charge in [0.15, 0.2) is 6.61 Å². The van der Waals surface area contributed by atoms with Crippen LogP contribution in [0.15, 0.2) is 12.7 Å². The molecule has 2 bridgehead atoms. The van der Waals surface area contributed by atoms with Crippen LogP contribution in [-0.2, 0) is 19.1 Å². The van der Waals surface area contributed by atoms with Crippen molar-refractivity contribution < 1.29 is 19.1 Å². The fourth-order valence-corrected chi connectivity index (χ4v) is 4.88. The highest BCUT2D eigenvalue weighted by Crippen LogP contribution is 2.58. The van der Waals surface area contributed by atoms with Gasteiger partial charge in [0.1, 0.15) is 5.60 Å². The standard InChI is InChI=1S/C17H24O4/c1-2-15(18)20-11-16(19)21-17(13-5-3-4-6-13)10-12-7-8-14(17)9-12/h2,12-14H,1,3-11H2. The number of esters is 2. The molecule has 0 aliphatic heterocycles. The van der Waals surface area contributed by atoms with E-state index in [4.69, 9.17) is 9.47 Å². The highest BCUT2D eigenvalue weighted by molar-refractivity contribution is 5.83. The summed E-state index contributed by atoms with van der Waals surface area (Å²) in [6, 6.07) is 0. The Morgan fingerprint density at radius 1 is 1.14 bits per heavy atom. The largest absolute Gasteiger partial charge is 0.456 e. The molecule has 0 heterocycles. The van der Waals surface area contributed by atoms with E-state index >= 15 is 0 Å². The third-order valence-electron chi connectivity index (χ3n) is 5.69. The molecule has 21 heavy (non-hydrogen) atoms. The maximum absolute atomic E-state index is 12.1. The summed E-state index contributed by atoms with van der Waals surface area (Å²) < 4.78 is 10.8. The molecule has 3 atom stereocenters. The Balaban J connectivity index is 1.67. The van der Waals surface area contributed by atoms with E-state index in [9.17, 15) is 9.59 Å². The second-order valence-electron chi connectivity index (χ2n) is 6.80. The predicted octanol–water partition coefficient (Wildman–Crippen LogP) is 3.01. The first-order valence-corrected chi connectivity index (χ1v) is 8.15. The maximum atomic E-state index is 12.1. The van der Waals surface area contributed by atoms with E-state index in [0.29, 0.717) is 11.8 Å². The summed E-state index contributed by atoms with van der Waals surface area (Å²) in [6.45, 7) is 3.03. The first kappa shape index (κ1) is 14.6. The van der Waals surface area contributed by atoms with Gasteiger partial charge in [-0.25, -0.2) is 9.59 Å². The van der Waals surface area contributed by atoms with E-state index in [-0.39, 0.29) is 12.2 Å². The number of fused-ring (bicyclic) bond motifs is 2. The van der Waals surface area contributed by atoms with Gasteiger partial charge < -0.3 is 9.47 Å². The van der Waals surface area contributed by atoms with Crippen LogP contribution in [0.2, 0.25) is 0 Å². The molecule has 3 aliphatic carbocycles. The van der Waals surface area contributed by atoms with Gasteiger partial charge in [0.2, 0.25) is 0 Å².